The van der Waals surface area contributed by atoms with Crippen molar-refractivity contribution in [2.24, 2.45) is 0 Å². The number of hydrogen-bond donors (Lipinski definition) is 1. The number of amides is 1. The van der Waals surface area contributed by atoms with Crippen molar-refractivity contribution in [2.45, 2.75) is 0 Å². The second-order valence-corrected chi connectivity index (χ2v) is 8.28. The summed E-state index contributed by atoms with van der Waals surface area (Å²) in [5.41, 5.74) is 1.05. The zero-order valence-electron chi connectivity index (χ0n) is 19.1. The number of fused-ring (bicyclic) bond motifs is 1. The van der Waals surface area contributed by atoms with Gasteiger partial charge in [0.2, 0.25) is 5.75 Å². The number of ether oxygens (including phenoxy) is 4. The van der Waals surface area contributed by atoms with Gasteiger partial charge in [-0.25, -0.2) is 0 Å². The van der Waals surface area contributed by atoms with Crippen molar-refractivity contribution in [3.8, 4) is 34.1 Å². The van der Waals surface area contributed by atoms with E-state index < -0.39 is 0 Å². The Morgan fingerprint density at radius 3 is 2.18 bits per heavy atom. The third-order valence-electron chi connectivity index (χ3n) is 5.31. The molecule has 0 saturated carbocycles. The first kappa shape index (κ1) is 23.1. The Bertz CT molecular complexity index is 1400. The van der Waals surface area contributed by atoms with E-state index in [0.717, 1.165) is 4.70 Å². The van der Waals surface area contributed by atoms with Gasteiger partial charge in [-0.3, -0.25) is 9.59 Å². The summed E-state index contributed by atoms with van der Waals surface area (Å²) < 4.78 is 22.4. The summed E-state index contributed by atoms with van der Waals surface area (Å²) in [6.45, 7) is 0. The van der Waals surface area contributed by atoms with Crippen LogP contribution in [0, 0.1) is 0 Å². The third-order valence-corrected chi connectivity index (χ3v) is 6.40. The van der Waals surface area contributed by atoms with E-state index in [1.165, 1.54) is 39.8 Å². The van der Waals surface area contributed by atoms with Crippen LogP contribution in [-0.2, 0) is 0 Å². The number of hydrogen-bond acceptors (Lipinski definition) is 7. The van der Waals surface area contributed by atoms with Gasteiger partial charge < -0.3 is 24.3 Å². The van der Waals surface area contributed by atoms with Gasteiger partial charge in [0.25, 0.3) is 5.91 Å². The normalized spacial score (nSPS) is 10.6. The molecule has 1 aromatic heterocycles. The first-order valence-corrected chi connectivity index (χ1v) is 11.1. The van der Waals surface area contributed by atoms with Gasteiger partial charge in [0.15, 0.2) is 16.9 Å². The molecule has 8 heteroatoms. The molecule has 0 bridgehead atoms. The fourth-order valence-electron chi connectivity index (χ4n) is 3.66. The van der Waals surface area contributed by atoms with Gasteiger partial charge in [-0.2, -0.15) is 0 Å². The van der Waals surface area contributed by atoms with E-state index >= 15 is 0 Å². The number of carbonyl (C=O) groups is 1. The first-order chi connectivity index (χ1) is 16.5. The second-order valence-electron chi connectivity index (χ2n) is 7.23. The fourth-order valence-corrected chi connectivity index (χ4v) is 4.75. The highest BCUT2D eigenvalue weighted by Gasteiger charge is 2.21. The van der Waals surface area contributed by atoms with Crippen LogP contribution in [0.15, 0.2) is 65.5 Å². The lowest BCUT2D eigenvalue weighted by Gasteiger charge is -2.16. The maximum atomic E-state index is 13.6. The van der Waals surface area contributed by atoms with Crippen LogP contribution in [0.4, 0.5) is 5.00 Å². The van der Waals surface area contributed by atoms with Crippen molar-refractivity contribution in [3.05, 3.63) is 76.5 Å². The smallest absolute Gasteiger partial charge is 0.256 e. The van der Waals surface area contributed by atoms with Gasteiger partial charge in [0, 0.05) is 15.6 Å². The molecule has 0 spiro atoms. The highest BCUT2D eigenvalue weighted by Crippen LogP contribution is 2.43. The molecular weight excluding hydrogens is 454 g/mol. The monoisotopic (exact) mass is 477 g/mol. The molecule has 0 radical (unpaired) electrons. The zero-order chi connectivity index (χ0) is 24.2. The molecular formula is C26H23NO6S. The summed E-state index contributed by atoms with van der Waals surface area (Å²) in [5, 5.41) is 3.88. The molecule has 7 nitrogen and oxygen atoms in total. The van der Waals surface area contributed by atoms with E-state index in [9.17, 15) is 9.59 Å². The molecule has 4 rings (SSSR count). The zero-order valence-corrected chi connectivity index (χ0v) is 19.9. The van der Waals surface area contributed by atoms with Crippen LogP contribution in [0.5, 0.6) is 23.0 Å². The molecule has 4 aromatic rings. The number of benzene rings is 3. The average Bonchev–Trinajstić information content (AvgIpc) is 2.88. The summed E-state index contributed by atoms with van der Waals surface area (Å²) >= 11 is 1.32. The van der Waals surface area contributed by atoms with Crippen LogP contribution in [0.2, 0.25) is 0 Å². The Morgan fingerprint density at radius 2 is 1.53 bits per heavy atom. The van der Waals surface area contributed by atoms with Gasteiger partial charge >= 0.3 is 0 Å². The molecule has 0 aliphatic rings. The van der Waals surface area contributed by atoms with Crippen LogP contribution in [0.3, 0.4) is 0 Å². The molecule has 1 heterocycles. The van der Waals surface area contributed by atoms with Gasteiger partial charge in [0.1, 0.15) is 10.8 Å². The van der Waals surface area contributed by atoms with E-state index in [4.69, 9.17) is 18.9 Å². The van der Waals surface area contributed by atoms with E-state index in [0.29, 0.717) is 50.1 Å². The Hall–Kier alpha value is -4.04. The molecule has 1 N–H and O–H groups in total. The minimum Gasteiger partial charge on any atom is -0.497 e. The number of methoxy groups -OCH3 is 4. The van der Waals surface area contributed by atoms with Gasteiger partial charge in [0.05, 0.1) is 34.0 Å². The summed E-state index contributed by atoms with van der Waals surface area (Å²) in [6, 6.07) is 17.5. The molecule has 0 aliphatic heterocycles. The van der Waals surface area contributed by atoms with E-state index in [1.807, 2.05) is 18.2 Å². The quantitative estimate of drug-likeness (QED) is 0.393. The Balaban J connectivity index is 1.93. The highest BCUT2D eigenvalue weighted by atomic mass is 32.1. The van der Waals surface area contributed by atoms with Crippen molar-refractivity contribution in [1.82, 2.24) is 0 Å². The highest BCUT2D eigenvalue weighted by molar-refractivity contribution is 7.22. The maximum absolute atomic E-state index is 13.6. The van der Waals surface area contributed by atoms with E-state index in [-0.39, 0.29) is 11.3 Å². The molecule has 174 valence electrons. The molecule has 0 atom stereocenters. The first-order valence-electron chi connectivity index (χ1n) is 10.3. The van der Waals surface area contributed by atoms with Gasteiger partial charge in [-0.15, -0.1) is 11.3 Å². The SMILES string of the molecule is COc1cccc(C(=O)Nc2sc3ccccc3c(=O)c2-c2cc(OC)c(OC)c(OC)c2)c1. The van der Waals surface area contributed by atoms with Crippen LogP contribution in [-0.4, -0.2) is 34.3 Å². The van der Waals surface area contributed by atoms with Crippen molar-refractivity contribution in [2.75, 3.05) is 33.8 Å². The fraction of sp³-hybridized carbons (Fsp3) is 0.154. The standard InChI is InChI=1S/C26H23NO6S/c1-30-17-9-7-8-15(12-17)25(29)27-26-22(23(28)18-10-5-6-11-21(18)34-26)16-13-19(31-2)24(33-4)20(14-16)32-3/h5-14H,1-4H3,(H,27,29). The Morgan fingerprint density at radius 1 is 0.824 bits per heavy atom. The molecule has 0 fully saturated rings. The summed E-state index contributed by atoms with van der Waals surface area (Å²) in [7, 11) is 6.06. The Kier molecular flexibility index (Phi) is 6.70. The van der Waals surface area contributed by atoms with Crippen LogP contribution in [0.25, 0.3) is 21.2 Å². The topological polar surface area (TPSA) is 83.1 Å². The number of rotatable bonds is 7. The minimum absolute atomic E-state index is 0.218. The molecule has 0 aliphatic carbocycles. The van der Waals surface area contributed by atoms with Crippen LogP contribution < -0.4 is 29.7 Å². The van der Waals surface area contributed by atoms with Gasteiger partial charge in [-0.05, 0) is 48.0 Å². The average molecular weight is 478 g/mol. The summed E-state index contributed by atoms with van der Waals surface area (Å²) in [5.74, 6) is 1.41. The van der Waals surface area contributed by atoms with Crippen molar-refractivity contribution in [3.63, 3.8) is 0 Å². The number of nitrogens with one attached hydrogen (secondary N) is 1. The Labute approximate surface area is 200 Å². The summed E-state index contributed by atoms with van der Waals surface area (Å²) in [6.07, 6.45) is 0. The van der Waals surface area contributed by atoms with Crippen molar-refractivity contribution >= 4 is 32.3 Å². The number of carbonyl (C=O) groups excluding carboxylic acids is 1. The van der Waals surface area contributed by atoms with Crippen molar-refractivity contribution in [1.29, 1.82) is 0 Å². The molecule has 34 heavy (non-hydrogen) atoms. The molecule has 0 saturated heterocycles. The largest absolute Gasteiger partial charge is 0.497 e. The molecule has 1 amide bonds. The van der Waals surface area contributed by atoms with Crippen LogP contribution >= 0.6 is 11.3 Å². The molecule has 3 aromatic carbocycles. The van der Waals surface area contributed by atoms with E-state index in [2.05, 4.69) is 5.32 Å². The van der Waals surface area contributed by atoms with Crippen molar-refractivity contribution < 1.29 is 23.7 Å². The number of anilines is 1. The third kappa shape index (κ3) is 4.27. The summed E-state index contributed by atoms with van der Waals surface area (Å²) in [4.78, 5) is 26.8. The minimum atomic E-state index is -0.362. The van der Waals surface area contributed by atoms with Gasteiger partial charge in [-0.1, -0.05) is 18.2 Å². The lowest BCUT2D eigenvalue weighted by atomic mass is 10.0. The maximum Gasteiger partial charge on any atom is 0.256 e. The van der Waals surface area contributed by atoms with Crippen LogP contribution in [0.1, 0.15) is 10.4 Å². The second kappa shape index (κ2) is 9.84. The predicted octanol–water partition coefficient (Wildman–Crippen LogP) is 5.22. The predicted molar refractivity (Wildman–Crippen MR) is 134 cm³/mol. The molecule has 0 unspecified atom stereocenters. The lowest BCUT2D eigenvalue weighted by molar-refractivity contribution is 0.102. The lowest BCUT2D eigenvalue weighted by Crippen LogP contribution is -2.15. The van der Waals surface area contributed by atoms with E-state index in [1.54, 1.807) is 42.5 Å².